The Morgan fingerprint density at radius 1 is 1.50 bits per heavy atom. The molecule has 0 radical (unpaired) electrons. The van der Waals surface area contributed by atoms with Gasteiger partial charge in [-0.1, -0.05) is 12.2 Å². The Bertz CT molecular complexity index is 493. The van der Waals surface area contributed by atoms with E-state index in [0.717, 1.165) is 25.2 Å². The first kappa shape index (κ1) is 11.2. The maximum atomic E-state index is 11.1. The molecular formula is C13H14N2O3. The Morgan fingerprint density at radius 3 is 3.28 bits per heavy atom. The van der Waals surface area contributed by atoms with E-state index in [4.69, 9.17) is 9.47 Å². The third-order valence-corrected chi connectivity index (χ3v) is 3.02. The average molecular weight is 246 g/mol. The third-order valence-electron chi connectivity index (χ3n) is 3.02. The second-order valence-corrected chi connectivity index (χ2v) is 4.44. The molecule has 3 heterocycles. The van der Waals surface area contributed by atoms with Crippen LogP contribution in [0, 0.1) is 5.92 Å². The number of hydrogen-bond donors (Lipinski definition) is 1. The summed E-state index contributed by atoms with van der Waals surface area (Å²) in [4.78, 5) is 15.3. The monoisotopic (exact) mass is 246 g/mol. The molecular weight excluding hydrogens is 232 g/mol. The van der Waals surface area contributed by atoms with E-state index in [1.54, 1.807) is 6.20 Å². The van der Waals surface area contributed by atoms with Gasteiger partial charge in [-0.2, -0.15) is 0 Å². The Hall–Kier alpha value is -1.88. The molecule has 3 rings (SSSR count). The zero-order valence-corrected chi connectivity index (χ0v) is 9.89. The van der Waals surface area contributed by atoms with E-state index in [-0.39, 0.29) is 12.5 Å². The molecule has 1 aromatic rings. The molecule has 0 aromatic carbocycles. The van der Waals surface area contributed by atoms with Gasteiger partial charge in [0.1, 0.15) is 0 Å². The van der Waals surface area contributed by atoms with Crippen LogP contribution in [0.2, 0.25) is 0 Å². The Balaban J connectivity index is 1.75. The van der Waals surface area contributed by atoms with Crippen molar-refractivity contribution in [2.75, 3.05) is 25.1 Å². The highest BCUT2D eigenvalue weighted by Gasteiger charge is 2.17. The van der Waals surface area contributed by atoms with E-state index in [0.29, 0.717) is 17.5 Å². The molecule has 1 N–H and O–H groups in total. The van der Waals surface area contributed by atoms with Crippen LogP contribution in [0.3, 0.4) is 0 Å². The number of carbonyl (C=O) groups is 1. The van der Waals surface area contributed by atoms with Crippen molar-refractivity contribution in [2.24, 2.45) is 5.92 Å². The predicted octanol–water partition coefficient (Wildman–Crippen LogP) is 1.46. The second-order valence-electron chi connectivity index (χ2n) is 4.44. The third kappa shape index (κ3) is 2.36. The van der Waals surface area contributed by atoms with Gasteiger partial charge in [0, 0.05) is 18.7 Å². The highest BCUT2D eigenvalue weighted by molar-refractivity contribution is 5.94. The first-order chi connectivity index (χ1) is 8.81. The minimum absolute atomic E-state index is 0.0539. The van der Waals surface area contributed by atoms with E-state index >= 15 is 0 Å². The first-order valence-electron chi connectivity index (χ1n) is 6.00. The van der Waals surface area contributed by atoms with Gasteiger partial charge in [-0.15, -0.1) is 0 Å². The van der Waals surface area contributed by atoms with Crippen molar-refractivity contribution in [3.63, 3.8) is 0 Å². The summed E-state index contributed by atoms with van der Waals surface area (Å²) in [6.45, 7) is 1.69. The first-order valence-corrected chi connectivity index (χ1v) is 6.00. The van der Waals surface area contributed by atoms with E-state index < -0.39 is 0 Å². The van der Waals surface area contributed by atoms with Crippen LogP contribution < -0.4 is 10.1 Å². The lowest BCUT2D eigenvalue weighted by Crippen LogP contribution is -2.26. The Labute approximate surface area is 105 Å². The molecule has 2 aliphatic heterocycles. The summed E-state index contributed by atoms with van der Waals surface area (Å²) in [7, 11) is 0. The molecule has 5 heteroatoms. The number of amides is 1. The zero-order chi connectivity index (χ0) is 12.4. The maximum Gasteiger partial charge on any atom is 0.263 e. The minimum atomic E-state index is -0.165. The van der Waals surface area contributed by atoms with Crippen LogP contribution in [0.4, 0.5) is 5.82 Å². The number of pyridine rings is 1. The van der Waals surface area contributed by atoms with Crippen LogP contribution in [-0.2, 0) is 9.53 Å². The van der Waals surface area contributed by atoms with Gasteiger partial charge >= 0.3 is 0 Å². The number of hydrogen-bond acceptors (Lipinski definition) is 4. The predicted molar refractivity (Wildman–Crippen MR) is 66.3 cm³/mol. The highest BCUT2D eigenvalue weighted by atomic mass is 16.5. The molecule has 1 aromatic heterocycles. The highest BCUT2D eigenvalue weighted by Crippen LogP contribution is 2.26. The van der Waals surface area contributed by atoms with Crippen LogP contribution in [0.1, 0.15) is 12.0 Å². The topological polar surface area (TPSA) is 60.5 Å². The number of anilines is 1. The van der Waals surface area contributed by atoms with Crippen molar-refractivity contribution in [3.05, 3.63) is 23.9 Å². The molecule has 0 aliphatic carbocycles. The summed E-state index contributed by atoms with van der Waals surface area (Å²) in [5.74, 6) is 1.44. The standard InChI is InChI=1S/C13H14N2O3/c16-12-8-18-11-5-10(6-14-13(11)15-12)2-1-9-3-4-17-7-9/h1-2,5-6,9H,3-4,7-8H2,(H,14,15,16)/b2-1+. The number of ether oxygens (including phenoxy) is 2. The molecule has 1 saturated heterocycles. The smallest absolute Gasteiger partial charge is 0.263 e. The molecule has 5 nitrogen and oxygen atoms in total. The lowest BCUT2D eigenvalue weighted by Gasteiger charge is -2.16. The summed E-state index contributed by atoms with van der Waals surface area (Å²) in [5, 5.41) is 2.67. The van der Waals surface area contributed by atoms with Crippen molar-refractivity contribution in [2.45, 2.75) is 6.42 Å². The van der Waals surface area contributed by atoms with Crippen molar-refractivity contribution in [3.8, 4) is 5.75 Å². The van der Waals surface area contributed by atoms with Crippen molar-refractivity contribution in [1.29, 1.82) is 0 Å². The molecule has 1 fully saturated rings. The number of nitrogens with one attached hydrogen (secondary N) is 1. The van der Waals surface area contributed by atoms with Crippen LogP contribution in [-0.4, -0.2) is 30.7 Å². The van der Waals surface area contributed by atoms with E-state index in [1.807, 2.05) is 12.1 Å². The summed E-state index contributed by atoms with van der Waals surface area (Å²) in [6, 6.07) is 1.88. The normalized spacial score (nSPS) is 22.7. The summed E-state index contributed by atoms with van der Waals surface area (Å²) >= 11 is 0. The lowest BCUT2D eigenvalue weighted by molar-refractivity contribution is -0.118. The zero-order valence-electron chi connectivity index (χ0n) is 9.89. The molecule has 0 saturated carbocycles. The van der Waals surface area contributed by atoms with Gasteiger partial charge in [0.2, 0.25) is 0 Å². The molecule has 94 valence electrons. The molecule has 1 atom stereocenters. The van der Waals surface area contributed by atoms with Crippen molar-refractivity contribution in [1.82, 2.24) is 4.98 Å². The molecule has 2 aliphatic rings. The van der Waals surface area contributed by atoms with Crippen molar-refractivity contribution >= 4 is 17.8 Å². The number of fused-ring (bicyclic) bond motifs is 1. The molecule has 1 amide bonds. The second kappa shape index (κ2) is 4.78. The van der Waals surface area contributed by atoms with E-state index in [1.165, 1.54) is 0 Å². The summed E-state index contributed by atoms with van der Waals surface area (Å²) < 4.78 is 10.6. The van der Waals surface area contributed by atoms with Gasteiger partial charge < -0.3 is 14.8 Å². The fourth-order valence-corrected chi connectivity index (χ4v) is 2.02. The lowest BCUT2D eigenvalue weighted by atomic mass is 10.1. The Kier molecular flexibility index (Phi) is 2.98. The van der Waals surface area contributed by atoms with Gasteiger partial charge in [0.05, 0.1) is 6.61 Å². The fraction of sp³-hybridized carbons (Fsp3) is 0.385. The van der Waals surface area contributed by atoms with Gasteiger partial charge in [0.25, 0.3) is 5.91 Å². The number of aromatic nitrogens is 1. The summed E-state index contributed by atoms with van der Waals surface area (Å²) in [6.07, 6.45) is 6.95. The van der Waals surface area contributed by atoms with Crippen LogP contribution in [0.15, 0.2) is 18.3 Å². The van der Waals surface area contributed by atoms with Gasteiger partial charge in [0.15, 0.2) is 18.2 Å². The molecule has 1 unspecified atom stereocenters. The quantitative estimate of drug-likeness (QED) is 0.858. The van der Waals surface area contributed by atoms with Crippen molar-refractivity contribution < 1.29 is 14.3 Å². The Morgan fingerprint density at radius 2 is 2.44 bits per heavy atom. The largest absolute Gasteiger partial charge is 0.480 e. The number of nitrogens with zero attached hydrogens (tertiary/aromatic N) is 1. The van der Waals surface area contributed by atoms with Gasteiger partial charge in [-0.25, -0.2) is 4.98 Å². The van der Waals surface area contributed by atoms with E-state index in [9.17, 15) is 4.79 Å². The van der Waals surface area contributed by atoms with Crippen LogP contribution in [0.25, 0.3) is 6.08 Å². The fourth-order valence-electron chi connectivity index (χ4n) is 2.02. The van der Waals surface area contributed by atoms with Crippen LogP contribution in [0.5, 0.6) is 5.75 Å². The maximum absolute atomic E-state index is 11.1. The van der Waals surface area contributed by atoms with Gasteiger partial charge in [-0.05, 0) is 18.1 Å². The van der Waals surface area contributed by atoms with Crippen LogP contribution >= 0.6 is 0 Å². The minimum Gasteiger partial charge on any atom is -0.480 e. The average Bonchev–Trinajstić information content (AvgIpc) is 2.89. The molecule has 0 bridgehead atoms. The number of carbonyl (C=O) groups excluding carboxylic acids is 1. The molecule has 18 heavy (non-hydrogen) atoms. The summed E-state index contributed by atoms with van der Waals surface area (Å²) in [5.41, 5.74) is 0.969. The SMILES string of the molecule is O=C1COc2cc(/C=C/C3CCOC3)cnc2N1. The molecule has 0 spiro atoms. The van der Waals surface area contributed by atoms with Gasteiger partial charge in [-0.3, -0.25) is 4.79 Å². The number of rotatable bonds is 2. The van der Waals surface area contributed by atoms with E-state index in [2.05, 4.69) is 16.4 Å².